The van der Waals surface area contributed by atoms with E-state index in [0.29, 0.717) is 28.7 Å². The van der Waals surface area contributed by atoms with Gasteiger partial charge in [0, 0.05) is 18.5 Å². The molecule has 0 saturated carbocycles. The molecule has 1 aliphatic rings. The van der Waals surface area contributed by atoms with E-state index in [1.54, 1.807) is 48.9 Å². The first kappa shape index (κ1) is 26.8. The number of hydrogen-bond donors (Lipinski definition) is 3. The van der Waals surface area contributed by atoms with Gasteiger partial charge < -0.3 is 19.3 Å². The maximum absolute atomic E-state index is 11.9. The number of benzene rings is 3. The molecular formula is C28H33NO7S. The van der Waals surface area contributed by atoms with Crippen molar-refractivity contribution in [1.82, 2.24) is 4.31 Å². The smallest absolute Gasteiger partial charge is 0.304 e. The molecule has 0 bridgehead atoms. The molecule has 1 aliphatic heterocycles. The minimum absolute atomic E-state index is 0.129. The fraction of sp³-hybridized carbons (Fsp3) is 0.321. The van der Waals surface area contributed by atoms with Gasteiger partial charge in [0.15, 0.2) is 0 Å². The third kappa shape index (κ3) is 5.86. The zero-order chi connectivity index (χ0) is 26.7. The summed E-state index contributed by atoms with van der Waals surface area (Å²) in [6, 6.07) is 18.2. The van der Waals surface area contributed by atoms with Crippen molar-refractivity contribution < 1.29 is 33.2 Å². The summed E-state index contributed by atoms with van der Waals surface area (Å²) in [7, 11) is -0.203. The van der Waals surface area contributed by atoms with Crippen molar-refractivity contribution in [2.45, 2.75) is 43.7 Å². The van der Waals surface area contributed by atoms with Crippen LogP contribution in [0.3, 0.4) is 0 Å². The fourth-order valence-electron chi connectivity index (χ4n) is 4.61. The summed E-state index contributed by atoms with van der Waals surface area (Å²) in [4.78, 5) is 12.2. The van der Waals surface area contributed by atoms with Crippen LogP contribution in [0.4, 0.5) is 0 Å². The first-order valence-corrected chi connectivity index (χ1v) is 13.5. The summed E-state index contributed by atoms with van der Waals surface area (Å²) in [6.07, 6.45) is -0.391. The first-order chi connectivity index (χ1) is 17.6. The van der Waals surface area contributed by atoms with Crippen molar-refractivity contribution in [3.63, 3.8) is 0 Å². The van der Waals surface area contributed by atoms with Gasteiger partial charge in [-0.2, -0.15) is 4.31 Å². The lowest BCUT2D eigenvalue weighted by Gasteiger charge is -2.42. The molecule has 9 heteroatoms. The van der Waals surface area contributed by atoms with Gasteiger partial charge in [0.25, 0.3) is 0 Å². The van der Waals surface area contributed by atoms with E-state index in [2.05, 4.69) is 0 Å². The second kappa shape index (κ2) is 11.0. The SMILES string of the molecule is COc1cc(OC)cc(C(CC(=O)O)c2ccc(C)c(CN3C[C@@H](C)Oc4ccccc4S3(O)O)c2)c1. The molecule has 8 nitrogen and oxygen atoms in total. The molecule has 0 radical (unpaired) electrons. The van der Waals surface area contributed by atoms with Gasteiger partial charge in [0.1, 0.15) is 28.2 Å². The largest absolute Gasteiger partial charge is 0.497 e. The number of carbonyl (C=O) groups is 1. The average molecular weight is 528 g/mol. The van der Waals surface area contributed by atoms with E-state index in [1.807, 2.05) is 44.2 Å². The Hall–Kier alpha value is -3.24. The standard InChI is InChI=1S/C28H33NO7S/c1-18-9-10-20(25(15-28(30)31)21-12-23(34-3)14-24(13-21)35-4)11-22(18)17-29-16-19(2)36-26-7-5-6-8-27(26)37(29,32)33/h5-14,19,25,32-33H,15-17H2,1-4H3,(H,30,31)/t19-,25?/m1/s1. The second-order valence-corrected chi connectivity index (χ2v) is 11.2. The number of ether oxygens (including phenoxy) is 3. The molecule has 3 aromatic rings. The highest BCUT2D eigenvalue weighted by Crippen LogP contribution is 2.57. The lowest BCUT2D eigenvalue weighted by Crippen LogP contribution is -2.33. The summed E-state index contributed by atoms with van der Waals surface area (Å²) in [5, 5.41) is 9.72. The molecule has 2 atom stereocenters. The Morgan fingerprint density at radius 3 is 2.38 bits per heavy atom. The van der Waals surface area contributed by atoms with Gasteiger partial charge >= 0.3 is 5.97 Å². The van der Waals surface area contributed by atoms with E-state index >= 15 is 0 Å². The first-order valence-electron chi connectivity index (χ1n) is 12.0. The van der Waals surface area contributed by atoms with E-state index in [-0.39, 0.29) is 19.1 Å². The number of methoxy groups -OCH3 is 2. The Balaban J connectivity index is 1.73. The van der Waals surface area contributed by atoms with Crippen LogP contribution in [-0.4, -0.2) is 51.4 Å². The third-order valence-corrected chi connectivity index (χ3v) is 8.50. The number of aryl methyl sites for hydroxylation is 1. The number of carboxylic acids is 1. The zero-order valence-electron chi connectivity index (χ0n) is 21.4. The number of carboxylic acid groups (broad SMARTS) is 1. The number of nitrogens with zero attached hydrogens (tertiary/aromatic N) is 1. The molecule has 0 fully saturated rings. The topological polar surface area (TPSA) is 109 Å². The molecule has 1 heterocycles. The van der Waals surface area contributed by atoms with E-state index in [1.165, 1.54) is 0 Å². The lowest BCUT2D eigenvalue weighted by molar-refractivity contribution is -0.137. The normalized spacial score (nSPS) is 18.6. The predicted molar refractivity (Wildman–Crippen MR) is 143 cm³/mol. The Labute approximate surface area is 218 Å². The minimum atomic E-state index is -3.31. The van der Waals surface area contributed by atoms with Gasteiger partial charge in [-0.3, -0.25) is 13.9 Å². The van der Waals surface area contributed by atoms with E-state index in [0.717, 1.165) is 22.3 Å². The van der Waals surface area contributed by atoms with Crippen LogP contribution in [0.5, 0.6) is 17.2 Å². The molecule has 3 N–H and O–H groups in total. The Morgan fingerprint density at radius 1 is 1.05 bits per heavy atom. The molecule has 1 unspecified atom stereocenters. The second-order valence-electron chi connectivity index (χ2n) is 9.20. The molecule has 3 aromatic carbocycles. The molecule has 0 aliphatic carbocycles. The third-order valence-electron chi connectivity index (χ3n) is 6.57. The molecule has 198 valence electrons. The lowest BCUT2D eigenvalue weighted by atomic mass is 9.86. The van der Waals surface area contributed by atoms with Crippen molar-refractivity contribution in [2.75, 3.05) is 20.8 Å². The Morgan fingerprint density at radius 2 is 1.73 bits per heavy atom. The summed E-state index contributed by atoms with van der Waals surface area (Å²) >= 11 is 0. The minimum Gasteiger partial charge on any atom is -0.497 e. The van der Waals surface area contributed by atoms with E-state index < -0.39 is 22.7 Å². The average Bonchev–Trinajstić information content (AvgIpc) is 2.96. The highest BCUT2D eigenvalue weighted by Gasteiger charge is 2.34. The maximum Gasteiger partial charge on any atom is 0.304 e. The van der Waals surface area contributed by atoms with Crippen LogP contribution >= 0.6 is 10.8 Å². The summed E-state index contributed by atoms with van der Waals surface area (Å²) in [5.74, 6) is 0.217. The highest BCUT2D eigenvalue weighted by molar-refractivity contribution is 8.22. The number of aliphatic carboxylic acids is 1. The van der Waals surface area contributed by atoms with Crippen LogP contribution in [-0.2, 0) is 11.3 Å². The van der Waals surface area contributed by atoms with Crippen LogP contribution in [0.2, 0.25) is 0 Å². The Bertz CT molecular complexity index is 1260. The van der Waals surface area contributed by atoms with Crippen LogP contribution < -0.4 is 14.2 Å². The summed E-state index contributed by atoms with van der Waals surface area (Å²) < 4.78 is 41.0. The molecular weight excluding hydrogens is 494 g/mol. The van der Waals surface area contributed by atoms with Gasteiger partial charge in [-0.25, -0.2) is 0 Å². The maximum atomic E-state index is 11.9. The highest BCUT2D eigenvalue weighted by atomic mass is 32.3. The molecule has 37 heavy (non-hydrogen) atoms. The molecule has 4 rings (SSSR count). The van der Waals surface area contributed by atoms with Gasteiger partial charge in [0.2, 0.25) is 0 Å². The molecule has 0 spiro atoms. The summed E-state index contributed by atoms with van der Waals surface area (Å²) in [5.41, 5.74) is 3.38. The van der Waals surface area contributed by atoms with Gasteiger partial charge in [0.05, 0.1) is 27.2 Å². The number of para-hydroxylation sites is 1. The molecule has 0 amide bonds. The summed E-state index contributed by atoms with van der Waals surface area (Å²) in [6.45, 7) is 4.42. The van der Waals surface area contributed by atoms with Gasteiger partial charge in [-0.1, -0.05) is 30.3 Å². The van der Waals surface area contributed by atoms with Crippen molar-refractivity contribution >= 4 is 16.7 Å². The van der Waals surface area contributed by atoms with Crippen LogP contribution in [0.1, 0.15) is 41.5 Å². The monoisotopic (exact) mass is 527 g/mol. The van der Waals surface area contributed by atoms with Gasteiger partial charge in [-0.15, -0.1) is 10.8 Å². The fourth-order valence-corrected chi connectivity index (χ4v) is 6.28. The Kier molecular flexibility index (Phi) is 7.99. The van der Waals surface area contributed by atoms with Crippen LogP contribution in [0.15, 0.2) is 65.6 Å². The molecule has 0 saturated heterocycles. The molecule has 0 aromatic heterocycles. The number of hydrogen-bond acceptors (Lipinski definition) is 7. The van der Waals surface area contributed by atoms with E-state index in [4.69, 9.17) is 14.2 Å². The number of fused-ring (bicyclic) bond motifs is 1. The van der Waals surface area contributed by atoms with Crippen LogP contribution in [0, 0.1) is 6.92 Å². The van der Waals surface area contributed by atoms with Crippen molar-refractivity contribution in [1.29, 1.82) is 0 Å². The van der Waals surface area contributed by atoms with Crippen molar-refractivity contribution in [3.8, 4) is 17.2 Å². The number of rotatable bonds is 8. The van der Waals surface area contributed by atoms with Crippen molar-refractivity contribution in [2.24, 2.45) is 0 Å². The van der Waals surface area contributed by atoms with Gasteiger partial charge in [-0.05, 0) is 60.4 Å². The van der Waals surface area contributed by atoms with Crippen molar-refractivity contribution in [3.05, 3.63) is 82.9 Å². The van der Waals surface area contributed by atoms with Crippen LogP contribution in [0.25, 0.3) is 0 Å². The predicted octanol–water partition coefficient (Wildman–Crippen LogP) is 5.93. The zero-order valence-corrected chi connectivity index (χ0v) is 22.2. The quantitative estimate of drug-likeness (QED) is 0.331. The van der Waals surface area contributed by atoms with E-state index in [9.17, 15) is 19.0 Å².